The van der Waals surface area contributed by atoms with E-state index < -0.39 is 17.5 Å². The first-order chi connectivity index (χ1) is 8.08. The lowest BCUT2D eigenvalue weighted by Crippen LogP contribution is -2.04. The van der Waals surface area contributed by atoms with Crippen molar-refractivity contribution in [3.8, 4) is 0 Å². The van der Waals surface area contributed by atoms with Gasteiger partial charge in [0.2, 0.25) is 0 Å². The van der Waals surface area contributed by atoms with E-state index >= 15 is 0 Å². The van der Waals surface area contributed by atoms with Crippen molar-refractivity contribution >= 4 is 5.69 Å². The summed E-state index contributed by atoms with van der Waals surface area (Å²) in [5.74, 6) is -3.13. The highest BCUT2D eigenvalue weighted by Crippen LogP contribution is 2.20. The van der Waals surface area contributed by atoms with Crippen LogP contribution in [0, 0.1) is 24.4 Å². The molecule has 1 heterocycles. The SMILES string of the molecule is Cc1[nH]ncc1CNc1cc(F)cc(F)c1F. The summed E-state index contributed by atoms with van der Waals surface area (Å²) < 4.78 is 39.1. The lowest BCUT2D eigenvalue weighted by atomic mass is 10.2. The molecule has 3 nitrogen and oxygen atoms in total. The number of anilines is 1. The predicted molar refractivity (Wildman–Crippen MR) is 57.0 cm³/mol. The third kappa shape index (κ3) is 2.41. The second-order valence-corrected chi connectivity index (χ2v) is 3.62. The van der Waals surface area contributed by atoms with Crippen LogP contribution in [0.5, 0.6) is 0 Å². The highest BCUT2D eigenvalue weighted by molar-refractivity contribution is 5.46. The van der Waals surface area contributed by atoms with Crippen LogP contribution < -0.4 is 5.32 Å². The van der Waals surface area contributed by atoms with Crippen LogP contribution in [0.25, 0.3) is 0 Å². The van der Waals surface area contributed by atoms with Crippen LogP contribution in [-0.4, -0.2) is 10.2 Å². The van der Waals surface area contributed by atoms with Gasteiger partial charge in [-0.15, -0.1) is 0 Å². The van der Waals surface area contributed by atoms with Crippen molar-refractivity contribution in [2.45, 2.75) is 13.5 Å². The van der Waals surface area contributed by atoms with Crippen LogP contribution in [0.4, 0.5) is 18.9 Å². The number of benzene rings is 1. The largest absolute Gasteiger partial charge is 0.378 e. The number of H-pyrrole nitrogens is 1. The molecular weight excluding hydrogens is 231 g/mol. The first kappa shape index (κ1) is 11.5. The third-order valence-electron chi connectivity index (χ3n) is 2.40. The van der Waals surface area contributed by atoms with Crippen molar-refractivity contribution < 1.29 is 13.2 Å². The molecule has 0 saturated heterocycles. The molecule has 17 heavy (non-hydrogen) atoms. The molecule has 2 N–H and O–H groups in total. The Balaban J connectivity index is 2.17. The molecule has 1 aromatic heterocycles. The van der Waals surface area contributed by atoms with Crippen LogP contribution in [-0.2, 0) is 6.54 Å². The standard InChI is InChI=1S/C11H10F3N3/c1-6-7(5-16-17-6)4-15-10-3-8(12)2-9(13)11(10)14/h2-3,5,15H,4H2,1H3,(H,16,17). The predicted octanol–water partition coefficient (Wildman–Crippen LogP) is 2.75. The quantitative estimate of drug-likeness (QED) is 0.811. The molecule has 0 aliphatic rings. The topological polar surface area (TPSA) is 40.7 Å². The number of hydrogen-bond donors (Lipinski definition) is 2. The summed E-state index contributed by atoms with van der Waals surface area (Å²) in [4.78, 5) is 0. The number of aromatic nitrogens is 2. The van der Waals surface area contributed by atoms with Crippen molar-refractivity contribution in [2.75, 3.05) is 5.32 Å². The van der Waals surface area contributed by atoms with Gasteiger partial charge in [-0.25, -0.2) is 13.2 Å². The summed E-state index contributed by atoms with van der Waals surface area (Å²) in [7, 11) is 0. The van der Waals surface area contributed by atoms with E-state index in [1.54, 1.807) is 13.1 Å². The van der Waals surface area contributed by atoms with Crippen LogP contribution >= 0.6 is 0 Å². The molecule has 1 aromatic carbocycles. The molecule has 0 aliphatic carbocycles. The third-order valence-corrected chi connectivity index (χ3v) is 2.40. The fraction of sp³-hybridized carbons (Fsp3) is 0.182. The van der Waals surface area contributed by atoms with Crippen molar-refractivity contribution in [3.63, 3.8) is 0 Å². The van der Waals surface area contributed by atoms with Crippen molar-refractivity contribution in [1.29, 1.82) is 0 Å². The van der Waals surface area contributed by atoms with Crippen LogP contribution in [0.15, 0.2) is 18.3 Å². The van der Waals surface area contributed by atoms with E-state index in [1.165, 1.54) is 0 Å². The average Bonchev–Trinajstić information content (AvgIpc) is 2.67. The minimum Gasteiger partial charge on any atom is -0.378 e. The molecular formula is C11H10F3N3. The van der Waals surface area contributed by atoms with Gasteiger partial charge >= 0.3 is 0 Å². The van der Waals surface area contributed by atoms with Gasteiger partial charge in [0.05, 0.1) is 11.9 Å². The van der Waals surface area contributed by atoms with Gasteiger partial charge in [0.25, 0.3) is 0 Å². The zero-order valence-electron chi connectivity index (χ0n) is 9.02. The smallest absolute Gasteiger partial charge is 0.182 e. The van der Waals surface area contributed by atoms with Crippen molar-refractivity contribution in [3.05, 3.63) is 47.0 Å². The van der Waals surface area contributed by atoms with Gasteiger partial charge in [-0.05, 0) is 6.92 Å². The average molecular weight is 241 g/mol. The Kier molecular flexibility index (Phi) is 3.03. The Hall–Kier alpha value is -1.98. The summed E-state index contributed by atoms with van der Waals surface area (Å²) in [6.07, 6.45) is 1.57. The molecule has 2 aromatic rings. The van der Waals surface area contributed by atoms with E-state index in [0.717, 1.165) is 17.3 Å². The molecule has 90 valence electrons. The van der Waals surface area contributed by atoms with E-state index in [9.17, 15) is 13.2 Å². The van der Waals surface area contributed by atoms with E-state index in [-0.39, 0.29) is 12.2 Å². The van der Waals surface area contributed by atoms with Crippen LogP contribution in [0.2, 0.25) is 0 Å². The minimum atomic E-state index is -1.21. The molecule has 2 rings (SSSR count). The molecule has 0 aliphatic heterocycles. The molecule has 0 saturated carbocycles. The summed E-state index contributed by atoms with van der Waals surface area (Å²) in [5, 5.41) is 9.12. The summed E-state index contributed by atoms with van der Waals surface area (Å²) in [6.45, 7) is 2.04. The van der Waals surface area contributed by atoms with Gasteiger partial charge in [-0.3, -0.25) is 5.10 Å². The molecule has 0 unspecified atom stereocenters. The number of rotatable bonds is 3. The lowest BCUT2D eigenvalue weighted by molar-refractivity contribution is 0.497. The highest BCUT2D eigenvalue weighted by Gasteiger charge is 2.11. The number of aromatic amines is 1. The van der Waals surface area contributed by atoms with Gasteiger partial charge in [0, 0.05) is 29.9 Å². The molecule has 0 amide bonds. The normalized spacial score (nSPS) is 10.6. The van der Waals surface area contributed by atoms with E-state index in [1.807, 2.05) is 0 Å². The summed E-state index contributed by atoms with van der Waals surface area (Å²) in [5.41, 5.74) is 1.41. The Bertz CT molecular complexity index is 537. The number of aryl methyl sites for hydroxylation is 1. The molecule has 0 fully saturated rings. The number of nitrogens with one attached hydrogen (secondary N) is 2. The monoisotopic (exact) mass is 241 g/mol. The van der Waals surface area contributed by atoms with Gasteiger partial charge < -0.3 is 5.32 Å². The maximum Gasteiger partial charge on any atom is 0.182 e. The molecule has 0 radical (unpaired) electrons. The van der Waals surface area contributed by atoms with Crippen molar-refractivity contribution in [1.82, 2.24) is 10.2 Å². The number of nitrogens with zero attached hydrogens (tertiary/aromatic N) is 1. The van der Waals surface area contributed by atoms with Crippen molar-refractivity contribution in [2.24, 2.45) is 0 Å². The van der Waals surface area contributed by atoms with Gasteiger partial charge in [0.15, 0.2) is 11.6 Å². The fourth-order valence-electron chi connectivity index (χ4n) is 1.43. The van der Waals surface area contributed by atoms with E-state index in [4.69, 9.17) is 0 Å². The maximum absolute atomic E-state index is 13.3. The van der Waals surface area contributed by atoms with Gasteiger partial charge in [-0.2, -0.15) is 5.10 Å². The Labute approximate surface area is 95.7 Å². The Morgan fingerprint density at radius 3 is 2.71 bits per heavy atom. The fourth-order valence-corrected chi connectivity index (χ4v) is 1.43. The zero-order chi connectivity index (χ0) is 12.4. The number of halogens is 3. The molecule has 0 spiro atoms. The molecule has 0 atom stereocenters. The van der Waals surface area contributed by atoms with E-state index in [2.05, 4.69) is 15.5 Å². The van der Waals surface area contributed by atoms with Crippen LogP contribution in [0.3, 0.4) is 0 Å². The van der Waals surface area contributed by atoms with Gasteiger partial charge in [0.1, 0.15) is 5.82 Å². The second-order valence-electron chi connectivity index (χ2n) is 3.62. The highest BCUT2D eigenvalue weighted by atomic mass is 19.2. The first-order valence-electron chi connectivity index (χ1n) is 4.95. The number of hydrogen-bond acceptors (Lipinski definition) is 2. The zero-order valence-corrected chi connectivity index (χ0v) is 9.02. The Morgan fingerprint density at radius 1 is 1.29 bits per heavy atom. The second kappa shape index (κ2) is 4.48. The molecule has 6 heteroatoms. The first-order valence-corrected chi connectivity index (χ1v) is 4.95. The summed E-state index contributed by atoms with van der Waals surface area (Å²) >= 11 is 0. The van der Waals surface area contributed by atoms with Crippen LogP contribution in [0.1, 0.15) is 11.3 Å². The van der Waals surface area contributed by atoms with Gasteiger partial charge in [-0.1, -0.05) is 0 Å². The summed E-state index contributed by atoms with van der Waals surface area (Å²) in [6, 6.07) is 1.41. The Morgan fingerprint density at radius 2 is 2.06 bits per heavy atom. The lowest BCUT2D eigenvalue weighted by Gasteiger charge is -2.07. The molecule has 0 bridgehead atoms. The van der Waals surface area contributed by atoms with E-state index in [0.29, 0.717) is 6.07 Å². The minimum absolute atomic E-state index is 0.205. The maximum atomic E-state index is 13.3.